The van der Waals surface area contributed by atoms with E-state index in [-0.39, 0.29) is 0 Å². The van der Waals surface area contributed by atoms with E-state index in [1.54, 1.807) is 0 Å². The molecule has 0 aromatic heterocycles. The van der Waals surface area contributed by atoms with Crippen LogP contribution in [0.5, 0.6) is 5.75 Å². The van der Waals surface area contributed by atoms with Gasteiger partial charge in [0.05, 0.1) is 0 Å². The summed E-state index contributed by atoms with van der Waals surface area (Å²) in [5, 5.41) is 0. The van der Waals surface area contributed by atoms with E-state index in [0.29, 0.717) is 6.61 Å². The van der Waals surface area contributed by atoms with Gasteiger partial charge >= 0.3 is 0 Å². The highest BCUT2D eigenvalue weighted by molar-refractivity contribution is 5.29. The Balaban J connectivity index is 1.95. The van der Waals surface area contributed by atoms with E-state index in [4.69, 9.17) is 4.74 Å². The van der Waals surface area contributed by atoms with Gasteiger partial charge in [-0.2, -0.15) is 0 Å². The summed E-state index contributed by atoms with van der Waals surface area (Å²) in [6.45, 7) is 8.14. The summed E-state index contributed by atoms with van der Waals surface area (Å²) in [5.41, 5.74) is 2.50. The molecular formula is C18H23NO. The predicted molar refractivity (Wildman–Crippen MR) is 83.8 cm³/mol. The SMILES string of the molecule is CCN(CC)Cc1cccc(OCc2ccccc2)c1. The third-order valence-corrected chi connectivity index (χ3v) is 3.45. The van der Waals surface area contributed by atoms with Crippen LogP contribution in [0, 0.1) is 0 Å². The molecule has 0 saturated carbocycles. The molecule has 0 aliphatic heterocycles. The van der Waals surface area contributed by atoms with Crippen molar-refractivity contribution in [3.05, 3.63) is 65.7 Å². The van der Waals surface area contributed by atoms with Crippen molar-refractivity contribution in [2.45, 2.75) is 27.0 Å². The Kier molecular flexibility index (Phi) is 5.63. The molecular weight excluding hydrogens is 246 g/mol. The fraction of sp³-hybridized carbons (Fsp3) is 0.333. The maximum Gasteiger partial charge on any atom is 0.120 e. The largest absolute Gasteiger partial charge is 0.489 e. The molecule has 2 aromatic rings. The molecule has 0 aliphatic carbocycles. The molecule has 0 aliphatic rings. The molecule has 20 heavy (non-hydrogen) atoms. The average Bonchev–Trinajstić information content (AvgIpc) is 2.52. The van der Waals surface area contributed by atoms with E-state index in [0.717, 1.165) is 25.4 Å². The van der Waals surface area contributed by atoms with Gasteiger partial charge in [-0.05, 0) is 36.3 Å². The van der Waals surface area contributed by atoms with E-state index in [1.807, 2.05) is 24.3 Å². The lowest BCUT2D eigenvalue weighted by Gasteiger charge is -2.18. The normalized spacial score (nSPS) is 10.8. The van der Waals surface area contributed by atoms with Crippen molar-refractivity contribution in [3.63, 3.8) is 0 Å². The third kappa shape index (κ3) is 4.39. The first-order chi connectivity index (χ1) is 9.81. The van der Waals surface area contributed by atoms with E-state index >= 15 is 0 Å². The third-order valence-electron chi connectivity index (χ3n) is 3.45. The molecule has 0 N–H and O–H groups in total. The maximum atomic E-state index is 5.86. The minimum absolute atomic E-state index is 0.621. The summed E-state index contributed by atoms with van der Waals surface area (Å²) >= 11 is 0. The summed E-state index contributed by atoms with van der Waals surface area (Å²) < 4.78 is 5.86. The summed E-state index contributed by atoms with van der Waals surface area (Å²) in [7, 11) is 0. The zero-order valence-corrected chi connectivity index (χ0v) is 12.4. The maximum absolute atomic E-state index is 5.86. The Hall–Kier alpha value is -1.80. The van der Waals surface area contributed by atoms with Crippen molar-refractivity contribution in [2.75, 3.05) is 13.1 Å². The summed E-state index contributed by atoms with van der Waals surface area (Å²) in [4.78, 5) is 2.40. The highest BCUT2D eigenvalue weighted by atomic mass is 16.5. The van der Waals surface area contributed by atoms with Gasteiger partial charge in [0.15, 0.2) is 0 Å². The van der Waals surface area contributed by atoms with Gasteiger partial charge in [0.25, 0.3) is 0 Å². The molecule has 0 unspecified atom stereocenters. The smallest absolute Gasteiger partial charge is 0.120 e. The number of rotatable bonds is 7. The van der Waals surface area contributed by atoms with Crippen molar-refractivity contribution in [1.82, 2.24) is 4.90 Å². The quantitative estimate of drug-likeness (QED) is 0.750. The first-order valence-electron chi connectivity index (χ1n) is 7.29. The van der Waals surface area contributed by atoms with Crippen LogP contribution in [0.4, 0.5) is 0 Å². The molecule has 106 valence electrons. The fourth-order valence-electron chi connectivity index (χ4n) is 2.18. The average molecular weight is 269 g/mol. The number of ether oxygens (including phenoxy) is 1. The predicted octanol–water partition coefficient (Wildman–Crippen LogP) is 4.11. The number of hydrogen-bond donors (Lipinski definition) is 0. The van der Waals surface area contributed by atoms with E-state index in [9.17, 15) is 0 Å². The van der Waals surface area contributed by atoms with Gasteiger partial charge in [0, 0.05) is 6.54 Å². The summed E-state index contributed by atoms with van der Waals surface area (Å²) in [5.74, 6) is 0.943. The van der Waals surface area contributed by atoms with E-state index < -0.39 is 0 Å². The number of nitrogens with zero attached hydrogens (tertiary/aromatic N) is 1. The lowest BCUT2D eigenvalue weighted by atomic mass is 10.2. The highest BCUT2D eigenvalue weighted by Gasteiger charge is 2.02. The molecule has 0 radical (unpaired) electrons. The van der Waals surface area contributed by atoms with Gasteiger partial charge < -0.3 is 4.74 Å². The molecule has 2 rings (SSSR count). The second kappa shape index (κ2) is 7.71. The van der Waals surface area contributed by atoms with Crippen LogP contribution >= 0.6 is 0 Å². The molecule has 0 atom stereocenters. The second-order valence-corrected chi connectivity index (χ2v) is 4.88. The Labute approximate surface area is 122 Å². The highest BCUT2D eigenvalue weighted by Crippen LogP contribution is 2.16. The fourth-order valence-corrected chi connectivity index (χ4v) is 2.18. The molecule has 0 heterocycles. The van der Waals surface area contributed by atoms with E-state index in [2.05, 4.69) is 49.1 Å². The van der Waals surface area contributed by atoms with Crippen LogP contribution in [0.25, 0.3) is 0 Å². The molecule has 0 amide bonds. The van der Waals surface area contributed by atoms with Crippen molar-refractivity contribution >= 4 is 0 Å². The van der Waals surface area contributed by atoms with Crippen LogP contribution < -0.4 is 4.74 Å². The van der Waals surface area contributed by atoms with Crippen LogP contribution in [-0.2, 0) is 13.2 Å². The van der Waals surface area contributed by atoms with Gasteiger partial charge in [-0.3, -0.25) is 4.90 Å². The molecule has 2 aromatic carbocycles. The Morgan fingerprint density at radius 3 is 2.25 bits per heavy atom. The van der Waals surface area contributed by atoms with Crippen LogP contribution in [-0.4, -0.2) is 18.0 Å². The first kappa shape index (κ1) is 14.6. The second-order valence-electron chi connectivity index (χ2n) is 4.88. The van der Waals surface area contributed by atoms with Gasteiger partial charge in [-0.1, -0.05) is 56.3 Å². The molecule has 0 fully saturated rings. The standard InChI is InChI=1S/C18H23NO/c1-3-19(4-2)14-17-11-8-12-18(13-17)20-15-16-9-6-5-7-10-16/h5-13H,3-4,14-15H2,1-2H3. The zero-order chi connectivity index (χ0) is 14.2. The topological polar surface area (TPSA) is 12.5 Å². The Morgan fingerprint density at radius 2 is 1.55 bits per heavy atom. The van der Waals surface area contributed by atoms with Crippen molar-refractivity contribution in [3.8, 4) is 5.75 Å². The molecule has 0 spiro atoms. The zero-order valence-electron chi connectivity index (χ0n) is 12.4. The van der Waals surface area contributed by atoms with Crippen molar-refractivity contribution in [2.24, 2.45) is 0 Å². The lowest BCUT2D eigenvalue weighted by molar-refractivity contribution is 0.291. The number of benzene rings is 2. The Morgan fingerprint density at radius 1 is 0.850 bits per heavy atom. The van der Waals surface area contributed by atoms with Gasteiger partial charge in [0.1, 0.15) is 12.4 Å². The van der Waals surface area contributed by atoms with Crippen molar-refractivity contribution in [1.29, 1.82) is 0 Å². The van der Waals surface area contributed by atoms with Gasteiger partial charge in [-0.25, -0.2) is 0 Å². The number of hydrogen-bond acceptors (Lipinski definition) is 2. The summed E-state index contributed by atoms with van der Waals surface area (Å²) in [6, 6.07) is 18.7. The minimum atomic E-state index is 0.621. The van der Waals surface area contributed by atoms with Crippen molar-refractivity contribution < 1.29 is 4.74 Å². The summed E-state index contributed by atoms with van der Waals surface area (Å²) in [6.07, 6.45) is 0. The van der Waals surface area contributed by atoms with Gasteiger partial charge in [0.2, 0.25) is 0 Å². The lowest BCUT2D eigenvalue weighted by Crippen LogP contribution is -2.22. The molecule has 2 nitrogen and oxygen atoms in total. The van der Waals surface area contributed by atoms with Crippen LogP contribution in [0.1, 0.15) is 25.0 Å². The van der Waals surface area contributed by atoms with Gasteiger partial charge in [-0.15, -0.1) is 0 Å². The van der Waals surface area contributed by atoms with Crippen LogP contribution in [0.15, 0.2) is 54.6 Å². The van der Waals surface area contributed by atoms with E-state index in [1.165, 1.54) is 11.1 Å². The first-order valence-corrected chi connectivity index (χ1v) is 7.29. The Bertz CT molecular complexity index is 506. The molecule has 0 saturated heterocycles. The monoisotopic (exact) mass is 269 g/mol. The van der Waals surface area contributed by atoms with Crippen LogP contribution in [0.3, 0.4) is 0 Å². The molecule has 0 bridgehead atoms. The van der Waals surface area contributed by atoms with Crippen LogP contribution in [0.2, 0.25) is 0 Å². The molecule has 2 heteroatoms. The minimum Gasteiger partial charge on any atom is -0.489 e.